The Bertz CT molecular complexity index is 569. The highest BCUT2D eigenvalue weighted by atomic mass is 79.9. The minimum Gasteiger partial charge on any atom is -0.463 e. The summed E-state index contributed by atoms with van der Waals surface area (Å²) in [6.07, 6.45) is 0.244. The molecule has 0 spiro atoms. The number of allylic oxidation sites excluding steroid dienone is 1. The van der Waals surface area contributed by atoms with Crippen LogP contribution in [0.2, 0.25) is 0 Å². The molecule has 5 nitrogen and oxygen atoms in total. The van der Waals surface area contributed by atoms with E-state index in [0.717, 1.165) is 16.3 Å². The quantitative estimate of drug-likeness (QED) is 0.641. The van der Waals surface area contributed by atoms with Crippen LogP contribution in [-0.4, -0.2) is 25.0 Å². The van der Waals surface area contributed by atoms with Gasteiger partial charge in [-0.3, -0.25) is 10.1 Å². The Balaban J connectivity index is 2.42. The molecule has 2 rings (SSSR count). The van der Waals surface area contributed by atoms with Crippen molar-refractivity contribution >= 4 is 28.2 Å². The van der Waals surface area contributed by atoms with Gasteiger partial charge in [0.05, 0.1) is 18.2 Å². The largest absolute Gasteiger partial charge is 0.463 e. The van der Waals surface area contributed by atoms with Gasteiger partial charge < -0.3 is 10.1 Å². The summed E-state index contributed by atoms with van der Waals surface area (Å²) < 4.78 is 6.07. The molecular weight excluding hydrogens is 336 g/mol. The monoisotopic (exact) mass is 352 g/mol. The highest BCUT2D eigenvalue weighted by molar-refractivity contribution is 9.10. The molecule has 1 aliphatic heterocycles. The van der Waals surface area contributed by atoms with Crippen LogP contribution in [0.4, 0.5) is 0 Å². The van der Waals surface area contributed by atoms with Crippen molar-refractivity contribution in [1.82, 2.24) is 10.6 Å². The van der Waals surface area contributed by atoms with Gasteiger partial charge in [0.25, 0.3) is 0 Å². The minimum absolute atomic E-state index is 0.305. The van der Waals surface area contributed by atoms with Crippen LogP contribution in [0.5, 0.6) is 0 Å². The second-order valence-corrected chi connectivity index (χ2v) is 5.58. The molecular formula is C15H17BrN2O3. The van der Waals surface area contributed by atoms with Crippen LogP contribution in [0.3, 0.4) is 0 Å². The molecule has 2 N–H and O–H groups in total. The van der Waals surface area contributed by atoms with E-state index in [-0.39, 0.29) is 12.0 Å². The Morgan fingerprint density at radius 3 is 2.62 bits per heavy atom. The number of aldehydes is 1. The maximum Gasteiger partial charge on any atom is 0.337 e. The number of rotatable bonds is 4. The highest BCUT2D eigenvalue weighted by Crippen LogP contribution is 2.29. The lowest BCUT2D eigenvalue weighted by atomic mass is 9.95. The third kappa shape index (κ3) is 3.51. The Labute approximate surface area is 131 Å². The highest BCUT2D eigenvalue weighted by Gasteiger charge is 2.32. The van der Waals surface area contributed by atoms with Gasteiger partial charge in [0.15, 0.2) is 6.29 Å². The van der Waals surface area contributed by atoms with Crippen LogP contribution in [0.15, 0.2) is 40.0 Å². The van der Waals surface area contributed by atoms with Gasteiger partial charge in [-0.15, -0.1) is 0 Å². The van der Waals surface area contributed by atoms with Crippen molar-refractivity contribution in [2.24, 2.45) is 0 Å². The Morgan fingerprint density at radius 1 is 1.38 bits per heavy atom. The normalized spacial score (nSPS) is 21.7. The van der Waals surface area contributed by atoms with E-state index in [4.69, 9.17) is 4.74 Å². The molecule has 2 atom stereocenters. The lowest BCUT2D eigenvalue weighted by Crippen LogP contribution is -2.50. The Hall–Kier alpha value is -1.66. The fourth-order valence-electron chi connectivity index (χ4n) is 2.30. The minimum atomic E-state index is -0.531. The summed E-state index contributed by atoms with van der Waals surface area (Å²) in [4.78, 5) is 23.3. The van der Waals surface area contributed by atoms with Gasteiger partial charge in [0.2, 0.25) is 0 Å². The van der Waals surface area contributed by atoms with Gasteiger partial charge in [-0.1, -0.05) is 28.1 Å². The molecule has 6 heteroatoms. The first kappa shape index (κ1) is 15.7. The third-order valence-corrected chi connectivity index (χ3v) is 3.77. The molecule has 0 aliphatic carbocycles. The molecule has 0 amide bonds. The van der Waals surface area contributed by atoms with E-state index < -0.39 is 6.17 Å². The SMILES string of the molecule is CCOC(=O)C1=C(C)NC(C=O)NC1c1ccc(Br)cc1. The third-order valence-electron chi connectivity index (χ3n) is 3.25. The number of esters is 1. The number of hydrogen-bond donors (Lipinski definition) is 2. The molecule has 0 radical (unpaired) electrons. The molecule has 1 aromatic carbocycles. The molecule has 112 valence electrons. The first-order chi connectivity index (χ1) is 10.1. The van der Waals surface area contributed by atoms with Gasteiger partial charge in [-0.25, -0.2) is 4.79 Å². The topological polar surface area (TPSA) is 67.4 Å². The van der Waals surface area contributed by atoms with E-state index >= 15 is 0 Å². The van der Waals surface area contributed by atoms with Crippen LogP contribution in [-0.2, 0) is 14.3 Å². The number of carbonyl (C=O) groups is 2. The van der Waals surface area contributed by atoms with Crippen LogP contribution >= 0.6 is 15.9 Å². The van der Waals surface area contributed by atoms with Crippen molar-refractivity contribution in [3.63, 3.8) is 0 Å². The standard InChI is InChI=1S/C15H17BrN2O3/c1-3-21-15(20)13-9(2)17-12(8-19)18-14(13)10-4-6-11(16)7-5-10/h4-8,12,14,17-18H,3H2,1-2H3. The molecule has 2 unspecified atom stereocenters. The van der Waals surface area contributed by atoms with Crippen molar-refractivity contribution < 1.29 is 14.3 Å². The summed E-state index contributed by atoms with van der Waals surface area (Å²) >= 11 is 3.38. The summed E-state index contributed by atoms with van der Waals surface area (Å²) in [5.74, 6) is -0.382. The first-order valence-electron chi connectivity index (χ1n) is 6.68. The van der Waals surface area contributed by atoms with E-state index in [1.807, 2.05) is 24.3 Å². The molecule has 0 aromatic heterocycles. The van der Waals surface area contributed by atoms with Crippen LogP contribution in [0.1, 0.15) is 25.5 Å². The van der Waals surface area contributed by atoms with Crippen molar-refractivity contribution in [2.75, 3.05) is 6.61 Å². The van der Waals surface area contributed by atoms with Crippen LogP contribution in [0.25, 0.3) is 0 Å². The summed E-state index contributed by atoms with van der Waals surface area (Å²) in [6, 6.07) is 7.22. The zero-order valence-corrected chi connectivity index (χ0v) is 13.4. The second kappa shape index (κ2) is 6.87. The van der Waals surface area contributed by atoms with Crippen molar-refractivity contribution in [3.05, 3.63) is 45.6 Å². The molecule has 1 aromatic rings. The van der Waals surface area contributed by atoms with E-state index in [1.165, 1.54) is 0 Å². The van der Waals surface area contributed by atoms with Crippen molar-refractivity contribution in [3.8, 4) is 0 Å². The van der Waals surface area contributed by atoms with Crippen molar-refractivity contribution in [1.29, 1.82) is 0 Å². The number of halogens is 1. The van der Waals surface area contributed by atoms with Gasteiger partial charge in [0.1, 0.15) is 6.17 Å². The zero-order chi connectivity index (χ0) is 15.4. The van der Waals surface area contributed by atoms with E-state index in [2.05, 4.69) is 26.6 Å². The van der Waals surface area contributed by atoms with Crippen molar-refractivity contribution in [2.45, 2.75) is 26.1 Å². The van der Waals surface area contributed by atoms with E-state index in [1.54, 1.807) is 13.8 Å². The molecule has 0 fully saturated rings. The predicted octanol–water partition coefficient (Wildman–Crippen LogP) is 2.05. The van der Waals surface area contributed by atoms with Crippen LogP contribution < -0.4 is 10.6 Å². The fourth-order valence-corrected chi connectivity index (χ4v) is 2.57. The average molecular weight is 353 g/mol. The Kier molecular flexibility index (Phi) is 5.14. The van der Waals surface area contributed by atoms with Gasteiger partial charge in [0, 0.05) is 10.2 Å². The number of benzene rings is 1. The first-order valence-corrected chi connectivity index (χ1v) is 7.47. The summed E-state index contributed by atoms with van der Waals surface area (Å²) in [6.45, 7) is 3.84. The number of carbonyl (C=O) groups excluding carboxylic acids is 2. The van der Waals surface area contributed by atoms with E-state index in [0.29, 0.717) is 17.9 Å². The van der Waals surface area contributed by atoms with E-state index in [9.17, 15) is 9.59 Å². The summed E-state index contributed by atoms with van der Waals surface area (Å²) in [5.41, 5.74) is 2.04. The Morgan fingerprint density at radius 2 is 2.05 bits per heavy atom. The second-order valence-electron chi connectivity index (χ2n) is 4.67. The van der Waals surface area contributed by atoms with Gasteiger partial charge in [-0.2, -0.15) is 0 Å². The lowest BCUT2D eigenvalue weighted by molar-refractivity contribution is -0.139. The lowest BCUT2D eigenvalue weighted by Gasteiger charge is -2.32. The van der Waals surface area contributed by atoms with Gasteiger partial charge >= 0.3 is 5.97 Å². The van der Waals surface area contributed by atoms with Crippen LogP contribution in [0, 0.1) is 0 Å². The molecule has 1 heterocycles. The molecule has 0 saturated heterocycles. The smallest absolute Gasteiger partial charge is 0.337 e. The summed E-state index contributed by atoms with van der Waals surface area (Å²) in [5, 5.41) is 6.06. The maximum atomic E-state index is 12.2. The average Bonchev–Trinajstić information content (AvgIpc) is 2.47. The predicted molar refractivity (Wildman–Crippen MR) is 82.3 cm³/mol. The summed E-state index contributed by atoms with van der Waals surface area (Å²) in [7, 11) is 0. The maximum absolute atomic E-state index is 12.2. The number of ether oxygens (including phenoxy) is 1. The molecule has 21 heavy (non-hydrogen) atoms. The number of nitrogens with one attached hydrogen (secondary N) is 2. The molecule has 0 saturated carbocycles. The number of hydrogen-bond acceptors (Lipinski definition) is 5. The fraction of sp³-hybridized carbons (Fsp3) is 0.333. The van der Waals surface area contributed by atoms with Gasteiger partial charge in [-0.05, 0) is 31.5 Å². The molecule has 1 aliphatic rings. The molecule has 0 bridgehead atoms. The zero-order valence-electron chi connectivity index (χ0n) is 11.9.